The van der Waals surface area contributed by atoms with Crippen LogP contribution < -0.4 is 15.3 Å². The van der Waals surface area contributed by atoms with Crippen LogP contribution in [0.25, 0.3) is 0 Å². The van der Waals surface area contributed by atoms with Gasteiger partial charge >= 0.3 is 14.6 Å². The summed E-state index contributed by atoms with van der Waals surface area (Å²) in [4.78, 5) is 23.8. The van der Waals surface area contributed by atoms with Crippen LogP contribution in [0, 0.1) is 0 Å². The molecule has 1 aliphatic rings. The van der Waals surface area contributed by atoms with E-state index in [9.17, 15) is 14.2 Å². The van der Waals surface area contributed by atoms with E-state index in [2.05, 4.69) is 10.4 Å². The van der Waals surface area contributed by atoms with Crippen LogP contribution in [0.4, 0.5) is 16.2 Å². The van der Waals surface area contributed by atoms with E-state index < -0.39 is 14.6 Å². The molecule has 1 aromatic carbocycles. The Bertz CT molecular complexity index is 463. The zero-order chi connectivity index (χ0) is 11.5. The SMILES string of the molecule is O=[PH+]Nc1ccccc1N1CC(=O)NC1=O. The van der Waals surface area contributed by atoms with Gasteiger partial charge in [0.15, 0.2) is 0 Å². The molecule has 0 bridgehead atoms. The zero-order valence-electron chi connectivity index (χ0n) is 8.19. The fraction of sp³-hybridized carbons (Fsp3) is 0.111. The molecule has 16 heavy (non-hydrogen) atoms. The molecule has 0 saturated carbocycles. The van der Waals surface area contributed by atoms with Crippen molar-refractivity contribution in [2.45, 2.75) is 0 Å². The Morgan fingerprint density at radius 3 is 2.69 bits per heavy atom. The molecular weight excluding hydrogens is 229 g/mol. The monoisotopic (exact) mass is 238 g/mol. The molecule has 2 N–H and O–H groups in total. The normalized spacial score (nSPS) is 15.4. The number of carbonyl (C=O) groups excluding carboxylic acids is 2. The number of amides is 3. The summed E-state index contributed by atoms with van der Waals surface area (Å²) in [5.74, 6) is -0.343. The van der Waals surface area contributed by atoms with Gasteiger partial charge in [0.2, 0.25) is 5.91 Å². The van der Waals surface area contributed by atoms with E-state index in [1.807, 2.05) is 0 Å². The summed E-state index contributed by atoms with van der Waals surface area (Å²) in [7, 11) is -0.710. The number of nitrogens with one attached hydrogen (secondary N) is 2. The average Bonchev–Trinajstić information content (AvgIpc) is 2.59. The fourth-order valence-corrected chi connectivity index (χ4v) is 1.83. The second kappa shape index (κ2) is 4.28. The molecule has 1 aliphatic heterocycles. The maximum absolute atomic E-state index is 11.4. The lowest BCUT2D eigenvalue weighted by atomic mass is 10.2. The van der Waals surface area contributed by atoms with E-state index in [4.69, 9.17) is 0 Å². The van der Waals surface area contributed by atoms with E-state index in [-0.39, 0.29) is 12.5 Å². The molecule has 6 nitrogen and oxygen atoms in total. The highest BCUT2D eigenvalue weighted by Crippen LogP contribution is 2.28. The summed E-state index contributed by atoms with van der Waals surface area (Å²) in [5.41, 5.74) is 1.09. The number of anilines is 2. The lowest BCUT2D eigenvalue weighted by molar-refractivity contribution is -0.117. The number of nitrogens with zero attached hydrogens (tertiary/aromatic N) is 1. The second-order valence-corrected chi connectivity index (χ2v) is 3.64. The molecule has 3 amide bonds. The van der Waals surface area contributed by atoms with Crippen LogP contribution in [-0.4, -0.2) is 18.5 Å². The first-order chi connectivity index (χ1) is 7.72. The van der Waals surface area contributed by atoms with Gasteiger partial charge in [0.1, 0.15) is 12.2 Å². The Hall–Kier alpha value is -1.94. The number of rotatable bonds is 3. The van der Waals surface area contributed by atoms with E-state index in [1.165, 1.54) is 4.90 Å². The number of urea groups is 1. The minimum absolute atomic E-state index is 0.0144. The molecule has 1 atom stereocenters. The van der Waals surface area contributed by atoms with Crippen molar-refractivity contribution >= 4 is 31.9 Å². The van der Waals surface area contributed by atoms with Crippen LogP contribution in [0.1, 0.15) is 0 Å². The third-order valence-electron chi connectivity index (χ3n) is 2.17. The van der Waals surface area contributed by atoms with Crippen molar-refractivity contribution in [2.75, 3.05) is 16.5 Å². The maximum atomic E-state index is 11.4. The highest BCUT2D eigenvalue weighted by atomic mass is 31.1. The van der Waals surface area contributed by atoms with Crippen molar-refractivity contribution in [3.63, 3.8) is 0 Å². The van der Waals surface area contributed by atoms with Crippen LogP contribution in [0.15, 0.2) is 24.3 Å². The first kappa shape index (κ1) is 10.6. The van der Waals surface area contributed by atoms with Crippen molar-refractivity contribution in [1.29, 1.82) is 0 Å². The summed E-state index contributed by atoms with van der Waals surface area (Å²) in [6.45, 7) is -0.0144. The van der Waals surface area contributed by atoms with Crippen molar-refractivity contribution in [3.05, 3.63) is 24.3 Å². The highest BCUT2D eigenvalue weighted by Gasteiger charge is 2.29. The van der Waals surface area contributed by atoms with Gasteiger partial charge in [0.25, 0.3) is 0 Å². The average molecular weight is 238 g/mol. The highest BCUT2D eigenvalue weighted by molar-refractivity contribution is 7.25. The summed E-state index contributed by atoms with van der Waals surface area (Å²) < 4.78 is 10.5. The number of hydrogen-bond acceptors (Lipinski definition) is 3. The number of imide groups is 1. The molecule has 0 radical (unpaired) electrons. The molecule has 0 aliphatic carbocycles. The van der Waals surface area contributed by atoms with Crippen molar-refractivity contribution < 1.29 is 14.2 Å². The van der Waals surface area contributed by atoms with Gasteiger partial charge in [-0.3, -0.25) is 15.0 Å². The fourth-order valence-electron chi connectivity index (χ4n) is 1.51. The lowest BCUT2D eigenvalue weighted by Crippen LogP contribution is -2.28. The third-order valence-corrected chi connectivity index (χ3v) is 2.55. The Kier molecular flexibility index (Phi) is 2.83. The van der Waals surface area contributed by atoms with Crippen molar-refractivity contribution in [2.24, 2.45) is 0 Å². The number of para-hydroxylation sites is 2. The molecule has 0 aromatic heterocycles. The Balaban J connectivity index is 2.36. The van der Waals surface area contributed by atoms with E-state index in [0.29, 0.717) is 11.4 Å². The minimum Gasteiger partial charge on any atom is -0.282 e. The van der Waals surface area contributed by atoms with Gasteiger partial charge in [-0.25, -0.2) is 4.79 Å². The molecule has 1 fully saturated rings. The summed E-state index contributed by atoms with van der Waals surface area (Å²) >= 11 is 0. The van der Waals surface area contributed by atoms with Crippen LogP contribution >= 0.6 is 8.61 Å². The summed E-state index contributed by atoms with van der Waals surface area (Å²) in [6, 6.07) is 6.40. The van der Waals surface area contributed by atoms with E-state index in [0.717, 1.165) is 0 Å². The summed E-state index contributed by atoms with van der Waals surface area (Å²) in [6.07, 6.45) is 0. The van der Waals surface area contributed by atoms with Gasteiger partial charge in [0, 0.05) is 0 Å². The van der Waals surface area contributed by atoms with Crippen LogP contribution in [0.5, 0.6) is 0 Å². The topological polar surface area (TPSA) is 78.5 Å². The maximum Gasteiger partial charge on any atom is 0.445 e. The number of carbonyl (C=O) groups is 2. The van der Waals surface area contributed by atoms with Crippen LogP contribution in [0.3, 0.4) is 0 Å². The molecular formula is C9H9N3O3P+. The van der Waals surface area contributed by atoms with Gasteiger partial charge in [-0.15, -0.1) is 0 Å². The molecule has 1 aromatic rings. The van der Waals surface area contributed by atoms with E-state index in [1.54, 1.807) is 24.3 Å². The molecule has 1 heterocycles. The first-order valence-corrected chi connectivity index (χ1v) is 5.46. The minimum atomic E-state index is -0.710. The van der Waals surface area contributed by atoms with Crippen molar-refractivity contribution in [1.82, 2.24) is 5.32 Å². The largest absolute Gasteiger partial charge is 0.445 e. The second-order valence-electron chi connectivity index (χ2n) is 3.18. The summed E-state index contributed by atoms with van der Waals surface area (Å²) in [5, 5.41) is 4.81. The van der Waals surface area contributed by atoms with Gasteiger partial charge in [0.05, 0.1) is 5.69 Å². The molecule has 0 spiro atoms. The Labute approximate surface area is 92.9 Å². The van der Waals surface area contributed by atoms with Gasteiger partial charge < -0.3 is 0 Å². The van der Waals surface area contributed by atoms with Gasteiger partial charge in [-0.2, -0.15) is 5.09 Å². The molecule has 2 rings (SSSR count). The predicted octanol–water partition coefficient (Wildman–Crippen LogP) is 1.09. The zero-order valence-corrected chi connectivity index (χ0v) is 9.19. The van der Waals surface area contributed by atoms with Crippen LogP contribution in [0.2, 0.25) is 0 Å². The van der Waals surface area contributed by atoms with E-state index >= 15 is 0 Å². The lowest BCUT2D eigenvalue weighted by Gasteiger charge is -2.15. The molecule has 1 unspecified atom stereocenters. The first-order valence-electron chi connectivity index (χ1n) is 4.56. The standard InChI is InChI=1S/C9H8N3O3P/c13-8-5-12(9(14)10-8)7-4-2-1-3-6(7)11-16-15/h1-4H,5H2,(H,11,15)(H,10,13,14)/p+1. The van der Waals surface area contributed by atoms with Crippen LogP contribution in [-0.2, 0) is 9.36 Å². The van der Waals surface area contributed by atoms with Crippen molar-refractivity contribution in [3.8, 4) is 0 Å². The number of benzene rings is 1. The molecule has 1 saturated heterocycles. The molecule has 82 valence electrons. The van der Waals surface area contributed by atoms with Gasteiger partial charge in [-0.05, 0) is 16.7 Å². The van der Waals surface area contributed by atoms with Gasteiger partial charge in [-0.1, -0.05) is 12.1 Å². The Morgan fingerprint density at radius 2 is 2.06 bits per heavy atom. The smallest absolute Gasteiger partial charge is 0.282 e. The Morgan fingerprint density at radius 1 is 1.31 bits per heavy atom. The quantitative estimate of drug-likeness (QED) is 0.610. The number of hydrogen-bond donors (Lipinski definition) is 2. The molecule has 7 heteroatoms. The third kappa shape index (κ3) is 1.87. The predicted molar refractivity (Wildman–Crippen MR) is 60.0 cm³/mol.